The van der Waals surface area contributed by atoms with Gasteiger partial charge in [-0.3, -0.25) is 9.80 Å². The predicted molar refractivity (Wildman–Crippen MR) is 80.2 cm³/mol. The first-order chi connectivity index (χ1) is 9.07. The van der Waals surface area contributed by atoms with Crippen molar-refractivity contribution in [1.82, 2.24) is 9.80 Å². The van der Waals surface area contributed by atoms with Crippen molar-refractivity contribution in [3.8, 4) is 0 Å². The Kier molecular flexibility index (Phi) is 3.65. The fraction of sp³-hybridized carbons (Fsp3) is 1.00. The van der Waals surface area contributed by atoms with Gasteiger partial charge in [0.25, 0.3) is 0 Å². The summed E-state index contributed by atoms with van der Waals surface area (Å²) < 4.78 is 0. The Morgan fingerprint density at radius 1 is 1.00 bits per heavy atom. The van der Waals surface area contributed by atoms with Gasteiger partial charge in [0.05, 0.1) is 0 Å². The summed E-state index contributed by atoms with van der Waals surface area (Å²) in [6, 6.07) is 0.743. The van der Waals surface area contributed by atoms with E-state index in [1.165, 1.54) is 64.7 Å². The Hall–Kier alpha value is -0.120. The minimum atomic E-state index is 0.302. The van der Waals surface area contributed by atoms with Crippen LogP contribution < -0.4 is 5.73 Å². The lowest BCUT2D eigenvalue weighted by Crippen LogP contribution is -2.63. The SMILES string of the molecule is CC1(C)CCN(C2(CN)CCN3CCCCC32)CC1. The zero-order valence-electron chi connectivity index (χ0n) is 12.8. The normalized spacial score (nSPS) is 40.3. The van der Waals surface area contributed by atoms with Crippen molar-refractivity contribution in [1.29, 1.82) is 0 Å². The maximum Gasteiger partial charge on any atom is 0.0498 e. The lowest BCUT2D eigenvalue weighted by molar-refractivity contribution is -0.000394. The molecule has 3 fully saturated rings. The van der Waals surface area contributed by atoms with Crippen LogP contribution in [0.4, 0.5) is 0 Å². The van der Waals surface area contributed by atoms with E-state index in [1.54, 1.807) is 0 Å². The van der Waals surface area contributed by atoms with Gasteiger partial charge in [-0.1, -0.05) is 20.3 Å². The molecule has 2 atom stereocenters. The topological polar surface area (TPSA) is 32.5 Å². The van der Waals surface area contributed by atoms with Gasteiger partial charge in [0.15, 0.2) is 0 Å². The van der Waals surface area contributed by atoms with Crippen molar-refractivity contribution in [3.05, 3.63) is 0 Å². The molecule has 0 aromatic rings. The summed E-state index contributed by atoms with van der Waals surface area (Å²) in [7, 11) is 0. The van der Waals surface area contributed by atoms with E-state index in [1.807, 2.05) is 0 Å². The minimum Gasteiger partial charge on any atom is -0.329 e. The van der Waals surface area contributed by atoms with Gasteiger partial charge in [0.1, 0.15) is 0 Å². The molecule has 3 nitrogen and oxygen atoms in total. The molecule has 2 N–H and O–H groups in total. The Morgan fingerprint density at radius 3 is 2.42 bits per heavy atom. The zero-order valence-corrected chi connectivity index (χ0v) is 12.8. The van der Waals surface area contributed by atoms with Gasteiger partial charge in [-0.25, -0.2) is 0 Å². The molecule has 0 aromatic carbocycles. The van der Waals surface area contributed by atoms with Crippen LogP contribution in [0.15, 0.2) is 0 Å². The van der Waals surface area contributed by atoms with Crippen LogP contribution in [0.5, 0.6) is 0 Å². The van der Waals surface area contributed by atoms with Crippen molar-refractivity contribution in [2.45, 2.75) is 64.0 Å². The molecule has 0 radical (unpaired) electrons. The highest BCUT2D eigenvalue weighted by Gasteiger charge is 2.51. The fourth-order valence-corrected chi connectivity index (χ4v) is 4.66. The number of nitrogens with two attached hydrogens (primary N) is 1. The summed E-state index contributed by atoms with van der Waals surface area (Å²) in [4.78, 5) is 5.50. The Balaban J connectivity index is 1.76. The van der Waals surface area contributed by atoms with E-state index in [2.05, 4.69) is 23.6 Å². The Morgan fingerprint density at radius 2 is 1.74 bits per heavy atom. The molecular weight excluding hydrogens is 234 g/mol. The molecule has 0 spiro atoms. The standard InChI is InChI=1S/C16H31N3/c1-15(2)6-11-19(12-7-15)16(13-17)8-10-18-9-4-3-5-14(16)18/h14H,3-13,17H2,1-2H3. The summed E-state index contributed by atoms with van der Waals surface area (Å²) in [5.74, 6) is 0. The molecule has 0 bridgehead atoms. The molecule has 3 rings (SSSR count). The molecule has 0 amide bonds. The number of piperidine rings is 2. The van der Waals surface area contributed by atoms with Crippen molar-refractivity contribution in [3.63, 3.8) is 0 Å². The Labute approximate surface area is 118 Å². The third-order valence-corrected chi connectivity index (χ3v) is 6.17. The first kappa shape index (κ1) is 13.8. The van der Waals surface area contributed by atoms with Crippen LogP contribution in [0.2, 0.25) is 0 Å². The molecule has 2 unspecified atom stereocenters. The van der Waals surface area contributed by atoms with E-state index in [-0.39, 0.29) is 0 Å². The van der Waals surface area contributed by atoms with E-state index in [9.17, 15) is 0 Å². The lowest BCUT2D eigenvalue weighted by Gasteiger charge is -2.51. The quantitative estimate of drug-likeness (QED) is 0.829. The van der Waals surface area contributed by atoms with Crippen LogP contribution in [-0.4, -0.2) is 54.1 Å². The minimum absolute atomic E-state index is 0.302. The third-order valence-electron chi connectivity index (χ3n) is 6.17. The molecular formula is C16H31N3. The largest absolute Gasteiger partial charge is 0.329 e. The molecule has 3 heterocycles. The van der Waals surface area contributed by atoms with Crippen molar-refractivity contribution in [2.24, 2.45) is 11.1 Å². The number of hydrogen-bond acceptors (Lipinski definition) is 3. The van der Waals surface area contributed by atoms with Gasteiger partial charge >= 0.3 is 0 Å². The van der Waals surface area contributed by atoms with Gasteiger partial charge in [-0.05, 0) is 57.2 Å². The molecule has 19 heavy (non-hydrogen) atoms. The highest BCUT2D eigenvalue weighted by atomic mass is 15.3. The molecule has 110 valence electrons. The van der Waals surface area contributed by atoms with E-state index in [0.29, 0.717) is 11.0 Å². The summed E-state index contributed by atoms with van der Waals surface area (Å²) in [5, 5.41) is 0. The fourth-order valence-electron chi connectivity index (χ4n) is 4.66. The second kappa shape index (κ2) is 5.01. The lowest BCUT2D eigenvalue weighted by atomic mass is 9.77. The van der Waals surface area contributed by atoms with Crippen LogP contribution in [0.3, 0.4) is 0 Å². The van der Waals surface area contributed by atoms with Crippen LogP contribution in [0, 0.1) is 5.41 Å². The summed E-state index contributed by atoms with van der Waals surface area (Å²) in [6.45, 7) is 10.8. The zero-order chi connectivity index (χ0) is 13.5. The molecule has 3 saturated heterocycles. The first-order valence-electron chi connectivity index (χ1n) is 8.27. The van der Waals surface area contributed by atoms with Gasteiger partial charge in [0.2, 0.25) is 0 Å². The first-order valence-corrected chi connectivity index (χ1v) is 8.27. The van der Waals surface area contributed by atoms with Crippen LogP contribution in [-0.2, 0) is 0 Å². The van der Waals surface area contributed by atoms with Crippen molar-refractivity contribution >= 4 is 0 Å². The number of fused-ring (bicyclic) bond motifs is 1. The van der Waals surface area contributed by atoms with E-state index >= 15 is 0 Å². The molecule has 0 saturated carbocycles. The molecule has 3 heteroatoms. The molecule has 3 aliphatic heterocycles. The second-order valence-corrected chi connectivity index (χ2v) is 7.76. The number of likely N-dealkylation sites (tertiary alicyclic amines) is 1. The third kappa shape index (κ3) is 2.34. The summed E-state index contributed by atoms with van der Waals surface area (Å²) in [6.07, 6.45) is 8.14. The second-order valence-electron chi connectivity index (χ2n) is 7.76. The predicted octanol–water partition coefficient (Wildman–Crippen LogP) is 2.06. The van der Waals surface area contributed by atoms with Gasteiger partial charge in [-0.15, -0.1) is 0 Å². The highest BCUT2D eigenvalue weighted by Crippen LogP contribution is 2.42. The smallest absolute Gasteiger partial charge is 0.0498 e. The summed E-state index contributed by atoms with van der Waals surface area (Å²) in [5.41, 5.74) is 7.15. The van der Waals surface area contributed by atoms with Crippen LogP contribution in [0.1, 0.15) is 52.4 Å². The van der Waals surface area contributed by atoms with Crippen LogP contribution in [0.25, 0.3) is 0 Å². The highest BCUT2D eigenvalue weighted by molar-refractivity contribution is 5.09. The van der Waals surface area contributed by atoms with Gasteiger partial charge in [-0.2, -0.15) is 0 Å². The monoisotopic (exact) mass is 265 g/mol. The van der Waals surface area contributed by atoms with Crippen LogP contribution >= 0.6 is 0 Å². The number of hydrogen-bond donors (Lipinski definition) is 1. The molecule has 0 aliphatic carbocycles. The van der Waals surface area contributed by atoms with E-state index in [4.69, 9.17) is 5.73 Å². The van der Waals surface area contributed by atoms with E-state index < -0.39 is 0 Å². The molecule has 0 aromatic heterocycles. The average Bonchev–Trinajstić information content (AvgIpc) is 2.79. The van der Waals surface area contributed by atoms with Crippen molar-refractivity contribution < 1.29 is 0 Å². The summed E-state index contributed by atoms with van der Waals surface area (Å²) >= 11 is 0. The molecule has 3 aliphatic rings. The number of rotatable bonds is 2. The number of nitrogens with zero attached hydrogens (tertiary/aromatic N) is 2. The average molecular weight is 265 g/mol. The van der Waals surface area contributed by atoms with Gasteiger partial charge < -0.3 is 5.73 Å². The van der Waals surface area contributed by atoms with Crippen molar-refractivity contribution in [2.75, 3.05) is 32.7 Å². The van der Waals surface area contributed by atoms with E-state index in [0.717, 1.165) is 12.6 Å². The maximum atomic E-state index is 6.31. The van der Waals surface area contributed by atoms with Gasteiger partial charge in [0, 0.05) is 24.7 Å². The maximum absolute atomic E-state index is 6.31. The Bertz CT molecular complexity index is 318.